The lowest BCUT2D eigenvalue weighted by Gasteiger charge is -2.43. The first-order valence-electron chi connectivity index (χ1n) is 14.8. The van der Waals surface area contributed by atoms with Crippen LogP contribution in [0.15, 0.2) is 18.2 Å². The second-order valence-corrected chi connectivity index (χ2v) is 11.9. The first-order chi connectivity index (χ1) is 18.2. The predicted octanol–water partition coefficient (Wildman–Crippen LogP) is 10.8. The number of halogens is 5. The SMILES string of the molecule is CCCCCc1ccc2cc(OC[C@]3(CCC)CC[C@@H](C4CCCCC4)CC3)c(F)c(F)c2c1C(F)(F)F. The van der Waals surface area contributed by atoms with Crippen LogP contribution in [-0.2, 0) is 12.6 Å². The molecule has 4 rings (SSSR count). The molecule has 0 unspecified atom stereocenters. The number of ether oxygens (including phenoxy) is 1. The summed E-state index contributed by atoms with van der Waals surface area (Å²) < 4.78 is 78.7. The molecule has 0 aliphatic heterocycles. The molecule has 0 bridgehead atoms. The Morgan fingerprint density at radius 3 is 2.18 bits per heavy atom. The molecule has 2 fully saturated rings. The van der Waals surface area contributed by atoms with E-state index >= 15 is 8.78 Å². The minimum absolute atomic E-state index is 0.0158. The van der Waals surface area contributed by atoms with E-state index in [2.05, 4.69) is 6.92 Å². The summed E-state index contributed by atoms with van der Waals surface area (Å²) in [5.41, 5.74) is -1.14. The molecule has 2 aromatic carbocycles. The quantitative estimate of drug-likeness (QED) is 0.216. The third-order valence-electron chi connectivity index (χ3n) is 9.29. The molecule has 6 heteroatoms. The summed E-state index contributed by atoms with van der Waals surface area (Å²) in [7, 11) is 0. The number of hydrogen-bond donors (Lipinski definition) is 0. The minimum atomic E-state index is -4.78. The van der Waals surface area contributed by atoms with Crippen molar-refractivity contribution in [2.24, 2.45) is 17.3 Å². The molecule has 2 aliphatic rings. The zero-order valence-electron chi connectivity index (χ0n) is 23.0. The number of aryl methyl sites for hydroxylation is 1. The monoisotopic (exact) mass is 538 g/mol. The first-order valence-corrected chi connectivity index (χ1v) is 14.8. The van der Waals surface area contributed by atoms with Gasteiger partial charge in [-0.2, -0.15) is 17.6 Å². The van der Waals surface area contributed by atoms with Crippen molar-refractivity contribution in [1.82, 2.24) is 0 Å². The van der Waals surface area contributed by atoms with Gasteiger partial charge in [-0.3, -0.25) is 0 Å². The molecule has 0 amide bonds. The molecule has 38 heavy (non-hydrogen) atoms. The Labute approximate surface area is 224 Å². The van der Waals surface area contributed by atoms with E-state index in [-0.39, 0.29) is 35.1 Å². The summed E-state index contributed by atoms with van der Waals surface area (Å²) in [5, 5.41) is -0.663. The minimum Gasteiger partial charge on any atom is -0.490 e. The van der Waals surface area contributed by atoms with Gasteiger partial charge in [-0.05, 0) is 73.8 Å². The fourth-order valence-electron chi connectivity index (χ4n) is 7.20. The fraction of sp³-hybridized carbons (Fsp3) is 0.688. The molecule has 212 valence electrons. The molecule has 0 radical (unpaired) electrons. The van der Waals surface area contributed by atoms with Crippen molar-refractivity contribution in [2.75, 3.05) is 6.61 Å². The Morgan fingerprint density at radius 2 is 1.55 bits per heavy atom. The summed E-state index contributed by atoms with van der Waals surface area (Å²) in [6.07, 6.45) is 10.4. The van der Waals surface area contributed by atoms with Crippen molar-refractivity contribution in [2.45, 2.75) is 116 Å². The van der Waals surface area contributed by atoms with Crippen LogP contribution < -0.4 is 4.74 Å². The molecular formula is C32H43F5O. The summed E-state index contributed by atoms with van der Waals surface area (Å²) in [6.45, 7) is 4.36. The summed E-state index contributed by atoms with van der Waals surface area (Å²) in [6, 6.07) is 4.14. The predicted molar refractivity (Wildman–Crippen MR) is 143 cm³/mol. The van der Waals surface area contributed by atoms with Crippen LogP contribution in [-0.4, -0.2) is 6.61 Å². The van der Waals surface area contributed by atoms with Gasteiger partial charge in [0, 0.05) is 10.8 Å². The molecule has 2 aliphatic carbocycles. The van der Waals surface area contributed by atoms with E-state index in [9.17, 15) is 13.2 Å². The van der Waals surface area contributed by atoms with Gasteiger partial charge < -0.3 is 4.74 Å². The molecule has 0 spiro atoms. The van der Waals surface area contributed by atoms with Gasteiger partial charge in [0.25, 0.3) is 0 Å². The Kier molecular flexibility index (Phi) is 9.62. The van der Waals surface area contributed by atoms with E-state index in [1.807, 2.05) is 6.92 Å². The second kappa shape index (κ2) is 12.6. The van der Waals surface area contributed by atoms with Crippen LogP contribution in [0.25, 0.3) is 10.8 Å². The molecular weight excluding hydrogens is 495 g/mol. The zero-order valence-corrected chi connectivity index (χ0v) is 23.0. The van der Waals surface area contributed by atoms with Gasteiger partial charge in [0.05, 0.1) is 12.2 Å². The fourth-order valence-corrected chi connectivity index (χ4v) is 7.20. The van der Waals surface area contributed by atoms with Gasteiger partial charge >= 0.3 is 6.18 Å². The summed E-state index contributed by atoms with van der Waals surface area (Å²) in [5.74, 6) is -1.52. The number of benzene rings is 2. The van der Waals surface area contributed by atoms with E-state index in [4.69, 9.17) is 4.74 Å². The van der Waals surface area contributed by atoms with E-state index in [0.717, 1.165) is 63.2 Å². The third-order valence-corrected chi connectivity index (χ3v) is 9.29. The normalized spacial score (nSPS) is 23.2. The van der Waals surface area contributed by atoms with Crippen LogP contribution in [0.2, 0.25) is 0 Å². The van der Waals surface area contributed by atoms with Gasteiger partial charge in [-0.25, -0.2) is 4.39 Å². The molecule has 0 atom stereocenters. The average Bonchev–Trinajstić information content (AvgIpc) is 2.90. The molecule has 0 aromatic heterocycles. The zero-order chi connectivity index (χ0) is 27.3. The van der Waals surface area contributed by atoms with Gasteiger partial charge in [0.2, 0.25) is 5.82 Å². The highest BCUT2D eigenvalue weighted by atomic mass is 19.4. The number of alkyl halides is 3. The van der Waals surface area contributed by atoms with Crippen LogP contribution in [0, 0.1) is 28.9 Å². The Morgan fingerprint density at radius 1 is 0.868 bits per heavy atom. The van der Waals surface area contributed by atoms with Gasteiger partial charge in [0.1, 0.15) is 0 Å². The summed E-state index contributed by atoms with van der Waals surface area (Å²) in [4.78, 5) is 0. The van der Waals surface area contributed by atoms with Crippen molar-refractivity contribution in [3.63, 3.8) is 0 Å². The van der Waals surface area contributed by atoms with Crippen molar-refractivity contribution in [3.05, 3.63) is 41.0 Å². The smallest absolute Gasteiger partial charge is 0.417 e. The standard InChI is InChI=1S/C32H43F5O/c1-3-5-7-12-24-13-14-25-20-26(29(33)30(34)27(25)28(24)32(35,36)37)38-21-31(17-4-2)18-15-23(16-19-31)22-10-8-6-9-11-22/h13-14,20,22-23H,3-12,15-19,21H2,1-2H3/t23-,31-. The van der Waals surface area contributed by atoms with E-state index in [1.165, 1.54) is 50.3 Å². The maximum atomic E-state index is 15.3. The van der Waals surface area contributed by atoms with Crippen molar-refractivity contribution >= 4 is 10.8 Å². The number of fused-ring (bicyclic) bond motifs is 1. The van der Waals surface area contributed by atoms with Crippen LogP contribution in [0.5, 0.6) is 5.75 Å². The second-order valence-electron chi connectivity index (χ2n) is 11.9. The third kappa shape index (κ3) is 6.47. The molecule has 0 saturated heterocycles. The van der Waals surface area contributed by atoms with Crippen LogP contribution in [0.4, 0.5) is 22.0 Å². The van der Waals surface area contributed by atoms with E-state index in [1.54, 1.807) is 0 Å². The number of hydrogen-bond acceptors (Lipinski definition) is 1. The molecule has 0 heterocycles. The summed E-state index contributed by atoms with van der Waals surface area (Å²) >= 11 is 0. The van der Waals surface area contributed by atoms with Crippen molar-refractivity contribution in [1.29, 1.82) is 0 Å². The van der Waals surface area contributed by atoms with Crippen molar-refractivity contribution in [3.8, 4) is 5.75 Å². The largest absolute Gasteiger partial charge is 0.490 e. The topological polar surface area (TPSA) is 9.23 Å². The number of unbranched alkanes of at least 4 members (excludes halogenated alkanes) is 2. The highest BCUT2D eigenvalue weighted by Crippen LogP contribution is 2.48. The highest BCUT2D eigenvalue weighted by molar-refractivity contribution is 5.89. The molecule has 2 aromatic rings. The highest BCUT2D eigenvalue weighted by Gasteiger charge is 2.39. The van der Waals surface area contributed by atoms with E-state index in [0.29, 0.717) is 6.42 Å². The number of rotatable bonds is 10. The first kappa shape index (κ1) is 29.1. The van der Waals surface area contributed by atoms with Crippen LogP contribution >= 0.6 is 0 Å². The van der Waals surface area contributed by atoms with Crippen LogP contribution in [0.1, 0.15) is 115 Å². The molecule has 0 N–H and O–H groups in total. The Balaban J connectivity index is 1.56. The average molecular weight is 539 g/mol. The van der Waals surface area contributed by atoms with E-state index < -0.39 is 28.8 Å². The van der Waals surface area contributed by atoms with Gasteiger partial charge in [-0.15, -0.1) is 0 Å². The lowest BCUT2D eigenvalue weighted by Crippen LogP contribution is -2.35. The maximum absolute atomic E-state index is 15.3. The van der Waals surface area contributed by atoms with Gasteiger partial charge in [-0.1, -0.05) is 77.3 Å². The van der Waals surface area contributed by atoms with Gasteiger partial charge in [0.15, 0.2) is 11.6 Å². The lowest BCUT2D eigenvalue weighted by molar-refractivity contribution is -0.137. The lowest BCUT2D eigenvalue weighted by atomic mass is 9.64. The van der Waals surface area contributed by atoms with Crippen molar-refractivity contribution < 1.29 is 26.7 Å². The molecule has 2 saturated carbocycles. The maximum Gasteiger partial charge on any atom is 0.417 e. The molecule has 1 nitrogen and oxygen atoms in total. The Bertz CT molecular complexity index is 1060. The Hall–Kier alpha value is -1.85. The van der Waals surface area contributed by atoms with Crippen LogP contribution in [0.3, 0.4) is 0 Å².